The maximum absolute atomic E-state index is 12.5. The first-order valence-corrected chi connectivity index (χ1v) is 10.2. The Balaban J connectivity index is 1.74. The highest BCUT2D eigenvalue weighted by molar-refractivity contribution is 7.89. The largest absolute Gasteiger partial charge is 0.387 e. The number of aryl methyl sites for hydroxylation is 1. The molecule has 5 heteroatoms. The minimum absolute atomic E-state index is 0.0763. The van der Waals surface area contributed by atoms with Gasteiger partial charge in [-0.3, -0.25) is 0 Å². The normalized spacial score (nSPS) is 13.0. The number of benzene rings is 3. The van der Waals surface area contributed by atoms with Crippen LogP contribution in [-0.4, -0.2) is 20.1 Å². The van der Waals surface area contributed by atoms with Crippen LogP contribution < -0.4 is 4.72 Å². The van der Waals surface area contributed by atoms with E-state index in [1.165, 1.54) is 0 Å². The summed E-state index contributed by atoms with van der Waals surface area (Å²) >= 11 is 0. The lowest BCUT2D eigenvalue weighted by molar-refractivity contribution is 0.183. The van der Waals surface area contributed by atoms with Gasteiger partial charge in [0.05, 0.1) is 11.0 Å². The summed E-state index contributed by atoms with van der Waals surface area (Å²) in [4.78, 5) is 0.211. The zero-order valence-electron chi connectivity index (χ0n) is 14.7. The van der Waals surface area contributed by atoms with Crippen LogP contribution in [0.3, 0.4) is 0 Å². The zero-order valence-corrected chi connectivity index (χ0v) is 15.5. The molecule has 0 heterocycles. The summed E-state index contributed by atoms with van der Waals surface area (Å²) in [6.45, 7) is 2.01. The van der Waals surface area contributed by atoms with E-state index in [-0.39, 0.29) is 11.4 Å². The van der Waals surface area contributed by atoms with Crippen LogP contribution in [0.5, 0.6) is 0 Å². The molecule has 1 atom stereocenters. The lowest BCUT2D eigenvalue weighted by atomic mass is 10.0. The Morgan fingerprint density at radius 1 is 0.962 bits per heavy atom. The Bertz CT molecular complexity index is 976. The van der Waals surface area contributed by atoms with Crippen molar-refractivity contribution in [1.29, 1.82) is 0 Å². The molecular weight excluding hydrogens is 346 g/mol. The predicted molar refractivity (Wildman–Crippen MR) is 105 cm³/mol. The molecule has 0 aliphatic carbocycles. The molecule has 1 unspecified atom stereocenters. The fourth-order valence-corrected chi connectivity index (χ4v) is 4.09. The minimum Gasteiger partial charge on any atom is -0.387 e. The van der Waals surface area contributed by atoms with Crippen LogP contribution in [0.15, 0.2) is 71.6 Å². The molecule has 0 aliphatic heterocycles. The third-order valence-corrected chi connectivity index (χ3v) is 5.86. The molecule has 0 radical (unpaired) electrons. The van der Waals surface area contributed by atoms with Crippen molar-refractivity contribution >= 4 is 20.8 Å². The van der Waals surface area contributed by atoms with Crippen LogP contribution in [0.1, 0.15) is 30.6 Å². The molecule has 0 saturated heterocycles. The van der Waals surface area contributed by atoms with Gasteiger partial charge in [-0.25, -0.2) is 13.1 Å². The molecule has 0 bridgehead atoms. The van der Waals surface area contributed by atoms with Crippen LogP contribution in [0.4, 0.5) is 0 Å². The van der Waals surface area contributed by atoms with Crippen molar-refractivity contribution in [3.63, 3.8) is 0 Å². The average Bonchev–Trinajstić information content (AvgIpc) is 2.66. The molecule has 26 heavy (non-hydrogen) atoms. The zero-order chi connectivity index (χ0) is 18.6. The van der Waals surface area contributed by atoms with E-state index < -0.39 is 16.1 Å². The van der Waals surface area contributed by atoms with E-state index >= 15 is 0 Å². The number of sulfonamides is 1. The van der Waals surface area contributed by atoms with Gasteiger partial charge in [-0.05, 0) is 40.5 Å². The molecule has 0 saturated carbocycles. The number of rotatable bonds is 7. The van der Waals surface area contributed by atoms with Crippen LogP contribution in [0, 0.1) is 0 Å². The highest BCUT2D eigenvalue weighted by Crippen LogP contribution is 2.24. The lowest BCUT2D eigenvalue weighted by Crippen LogP contribution is -2.28. The summed E-state index contributed by atoms with van der Waals surface area (Å²) in [6, 6.07) is 20.3. The number of hydrogen-bond acceptors (Lipinski definition) is 3. The monoisotopic (exact) mass is 369 g/mol. The second kappa shape index (κ2) is 7.99. The van der Waals surface area contributed by atoms with Gasteiger partial charge in [0.2, 0.25) is 10.0 Å². The molecule has 0 amide bonds. The summed E-state index contributed by atoms with van der Waals surface area (Å²) < 4.78 is 27.5. The topological polar surface area (TPSA) is 66.4 Å². The van der Waals surface area contributed by atoms with Crippen molar-refractivity contribution < 1.29 is 13.5 Å². The fourth-order valence-electron chi connectivity index (χ4n) is 3.05. The second-order valence-electron chi connectivity index (χ2n) is 6.33. The van der Waals surface area contributed by atoms with E-state index in [4.69, 9.17) is 0 Å². The number of fused-ring (bicyclic) bond motifs is 1. The predicted octanol–water partition coefficient (Wildman–Crippen LogP) is 3.80. The molecule has 3 aromatic rings. The number of aliphatic hydroxyl groups is 1. The first-order valence-electron chi connectivity index (χ1n) is 8.75. The SMILES string of the molecule is CCCc1ccc(S(=O)(=O)NCC(O)c2cccc3ccccc23)cc1. The highest BCUT2D eigenvalue weighted by Gasteiger charge is 2.17. The average molecular weight is 369 g/mol. The Morgan fingerprint density at radius 3 is 2.38 bits per heavy atom. The minimum atomic E-state index is -3.66. The third kappa shape index (κ3) is 4.12. The molecule has 0 spiro atoms. The molecule has 136 valence electrons. The Labute approximate surface area is 154 Å². The molecule has 0 aliphatic rings. The van der Waals surface area contributed by atoms with Crippen LogP contribution >= 0.6 is 0 Å². The van der Waals surface area contributed by atoms with Crippen molar-refractivity contribution in [2.75, 3.05) is 6.54 Å². The van der Waals surface area contributed by atoms with Gasteiger partial charge in [-0.1, -0.05) is 67.9 Å². The summed E-state index contributed by atoms with van der Waals surface area (Å²) in [6.07, 6.45) is 1.02. The third-order valence-electron chi connectivity index (χ3n) is 4.42. The van der Waals surface area contributed by atoms with Crippen LogP contribution in [0.2, 0.25) is 0 Å². The number of aliphatic hydroxyl groups excluding tert-OH is 1. The van der Waals surface area contributed by atoms with Gasteiger partial charge in [0.15, 0.2) is 0 Å². The molecule has 2 N–H and O–H groups in total. The van der Waals surface area contributed by atoms with Crippen LogP contribution in [0.25, 0.3) is 10.8 Å². The van der Waals surface area contributed by atoms with E-state index in [1.807, 2.05) is 54.6 Å². The van der Waals surface area contributed by atoms with Gasteiger partial charge in [-0.2, -0.15) is 0 Å². The lowest BCUT2D eigenvalue weighted by Gasteiger charge is -2.15. The summed E-state index contributed by atoms with van der Waals surface area (Å²) in [5, 5.41) is 12.5. The molecule has 3 rings (SSSR count). The van der Waals surface area contributed by atoms with E-state index in [1.54, 1.807) is 12.1 Å². The highest BCUT2D eigenvalue weighted by atomic mass is 32.2. The Hall–Kier alpha value is -2.21. The van der Waals surface area contributed by atoms with E-state index in [2.05, 4.69) is 11.6 Å². The van der Waals surface area contributed by atoms with Crippen molar-refractivity contribution in [2.24, 2.45) is 0 Å². The quantitative estimate of drug-likeness (QED) is 0.666. The first-order chi connectivity index (χ1) is 12.5. The fraction of sp³-hybridized carbons (Fsp3) is 0.238. The molecule has 3 aromatic carbocycles. The summed E-state index contributed by atoms with van der Waals surface area (Å²) in [5.41, 5.74) is 1.83. The Morgan fingerprint density at radius 2 is 1.65 bits per heavy atom. The van der Waals surface area contributed by atoms with Gasteiger partial charge in [0, 0.05) is 6.54 Å². The van der Waals surface area contributed by atoms with Crippen LogP contribution in [-0.2, 0) is 16.4 Å². The van der Waals surface area contributed by atoms with Gasteiger partial charge < -0.3 is 5.11 Å². The van der Waals surface area contributed by atoms with E-state index in [0.29, 0.717) is 5.56 Å². The standard InChI is InChI=1S/C21H23NO3S/c1-2-6-16-11-13-18(14-12-16)26(24,25)22-15-21(23)20-10-5-8-17-7-3-4-9-19(17)20/h3-5,7-14,21-23H,2,6,15H2,1H3. The van der Waals surface area contributed by atoms with E-state index in [0.717, 1.165) is 29.2 Å². The second-order valence-corrected chi connectivity index (χ2v) is 8.10. The van der Waals surface area contributed by atoms with Gasteiger partial charge in [0.25, 0.3) is 0 Å². The Kier molecular flexibility index (Phi) is 5.71. The molecular formula is C21H23NO3S. The molecule has 4 nitrogen and oxygen atoms in total. The summed E-state index contributed by atoms with van der Waals surface area (Å²) in [7, 11) is -3.66. The summed E-state index contributed by atoms with van der Waals surface area (Å²) in [5.74, 6) is 0. The maximum atomic E-state index is 12.5. The number of nitrogens with one attached hydrogen (secondary N) is 1. The van der Waals surface area contributed by atoms with E-state index in [9.17, 15) is 13.5 Å². The van der Waals surface area contributed by atoms with Crippen molar-refractivity contribution in [3.05, 3.63) is 77.9 Å². The van der Waals surface area contributed by atoms with Crippen molar-refractivity contribution in [3.8, 4) is 0 Å². The molecule has 0 aromatic heterocycles. The van der Waals surface area contributed by atoms with Gasteiger partial charge in [-0.15, -0.1) is 0 Å². The van der Waals surface area contributed by atoms with Crippen molar-refractivity contribution in [2.45, 2.75) is 30.8 Å². The maximum Gasteiger partial charge on any atom is 0.240 e. The van der Waals surface area contributed by atoms with Gasteiger partial charge >= 0.3 is 0 Å². The van der Waals surface area contributed by atoms with Gasteiger partial charge in [0.1, 0.15) is 0 Å². The molecule has 0 fully saturated rings. The van der Waals surface area contributed by atoms with Crippen molar-refractivity contribution in [1.82, 2.24) is 4.72 Å². The number of hydrogen-bond donors (Lipinski definition) is 2. The smallest absolute Gasteiger partial charge is 0.240 e. The first kappa shape index (κ1) is 18.6.